The molecule has 2 aromatic rings. The molecule has 0 spiro atoms. The van der Waals surface area contributed by atoms with Gasteiger partial charge in [-0.2, -0.15) is 0 Å². The van der Waals surface area contributed by atoms with Gasteiger partial charge in [0, 0.05) is 5.69 Å². The second-order valence-corrected chi connectivity index (χ2v) is 4.66. The molecule has 0 bridgehead atoms. The number of methoxy groups -OCH3 is 1. The Labute approximate surface area is 116 Å². The van der Waals surface area contributed by atoms with Gasteiger partial charge >= 0.3 is 0 Å². The second kappa shape index (κ2) is 5.02. The summed E-state index contributed by atoms with van der Waals surface area (Å²) in [4.78, 5) is 13.8. The minimum Gasteiger partial charge on any atom is -0.497 e. The van der Waals surface area contributed by atoms with Crippen LogP contribution >= 0.6 is 0 Å². The summed E-state index contributed by atoms with van der Waals surface area (Å²) in [6.07, 6.45) is 1.57. The molecule has 2 heterocycles. The number of carbonyl (C=O) groups excluding carboxylic acids is 1. The van der Waals surface area contributed by atoms with E-state index in [-0.39, 0.29) is 18.6 Å². The Kier molecular flexibility index (Phi) is 3.20. The third-order valence-corrected chi connectivity index (χ3v) is 3.60. The Balaban J connectivity index is 1.92. The molecule has 1 amide bonds. The zero-order valence-electron chi connectivity index (χ0n) is 11.0. The van der Waals surface area contributed by atoms with Gasteiger partial charge in [-0.1, -0.05) is 0 Å². The molecule has 3 rings (SSSR count). The molecule has 1 aliphatic heterocycles. The molecule has 1 N–H and O–H groups in total. The second-order valence-electron chi connectivity index (χ2n) is 4.66. The number of β-lactam (4-membered cyclic amide) rings is 1. The van der Waals surface area contributed by atoms with Crippen molar-refractivity contribution in [2.45, 2.75) is 6.04 Å². The number of furan rings is 1. The number of anilines is 1. The molecule has 1 aromatic carbocycles. The number of carbonyl (C=O) groups is 1. The van der Waals surface area contributed by atoms with Crippen LogP contribution in [0.25, 0.3) is 0 Å². The van der Waals surface area contributed by atoms with Crippen molar-refractivity contribution in [1.82, 2.24) is 0 Å². The highest BCUT2D eigenvalue weighted by atomic mass is 16.5. The number of aliphatic hydroxyl groups is 1. The minimum absolute atomic E-state index is 0.0981. The van der Waals surface area contributed by atoms with Crippen LogP contribution in [0.1, 0.15) is 11.8 Å². The summed E-state index contributed by atoms with van der Waals surface area (Å²) in [7, 11) is 1.59. The van der Waals surface area contributed by atoms with Gasteiger partial charge in [-0.25, -0.2) is 0 Å². The van der Waals surface area contributed by atoms with Crippen molar-refractivity contribution in [3.05, 3.63) is 48.4 Å². The van der Waals surface area contributed by atoms with E-state index in [4.69, 9.17) is 9.15 Å². The Morgan fingerprint density at radius 2 is 2.05 bits per heavy atom. The molecule has 1 fully saturated rings. The first-order valence-electron chi connectivity index (χ1n) is 6.37. The van der Waals surface area contributed by atoms with Crippen molar-refractivity contribution in [2.24, 2.45) is 5.92 Å². The fourth-order valence-corrected chi connectivity index (χ4v) is 2.54. The van der Waals surface area contributed by atoms with Gasteiger partial charge in [0.15, 0.2) is 0 Å². The summed E-state index contributed by atoms with van der Waals surface area (Å²) >= 11 is 0. The Hall–Kier alpha value is -2.27. The molecule has 104 valence electrons. The number of amides is 1. The van der Waals surface area contributed by atoms with E-state index in [0.717, 1.165) is 11.4 Å². The number of hydrogen-bond acceptors (Lipinski definition) is 4. The Bertz CT molecular complexity index is 591. The van der Waals surface area contributed by atoms with Crippen LogP contribution in [0.3, 0.4) is 0 Å². The highest BCUT2D eigenvalue weighted by Crippen LogP contribution is 2.43. The van der Waals surface area contributed by atoms with E-state index < -0.39 is 5.92 Å². The topological polar surface area (TPSA) is 62.9 Å². The minimum atomic E-state index is -0.441. The van der Waals surface area contributed by atoms with Crippen LogP contribution in [0.2, 0.25) is 0 Å². The van der Waals surface area contributed by atoms with Crippen LogP contribution in [-0.4, -0.2) is 24.7 Å². The first-order chi connectivity index (χ1) is 9.76. The van der Waals surface area contributed by atoms with Gasteiger partial charge in [0.25, 0.3) is 0 Å². The molecule has 2 atom stereocenters. The Morgan fingerprint density at radius 3 is 2.60 bits per heavy atom. The summed E-state index contributed by atoms with van der Waals surface area (Å²) in [6.45, 7) is -0.184. The predicted octanol–water partition coefficient (Wildman–Crippen LogP) is 1.98. The zero-order valence-corrected chi connectivity index (χ0v) is 11.0. The van der Waals surface area contributed by atoms with E-state index in [1.54, 1.807) is 36.5 Å². The lowest BCUT2D eigenvalue weighted by Crippen LogP contribution is -2.56. The lowest BCUT2D eigenvalue weighted by Gasteiger charge is -2.45. The number of rotatable bonds is 4. The number of aliphatic hydroxyl groups excluding tert-OH is 1. The maximum absolute atomic E-state index is 12.1. The van der Waals surface area contributed by atoms with Gasteiger partial charge in [-0.15, -0.1) is 0 Å². The van der Waals surface area contributed by atoms with Crippen LogP contribution in [0.5, 0.6) is 5.75 Å². The normalized spacial score (nSPS) is 21.7. The lowest BCUT2D eigenvalue weighted by molar-refractivity contribution is -0.132. The van der Waals surface area contributed by atoms with E-state index >= 15 is 0 Å². The van der Waals surface area contributed by atoms with E-state index in [2.05, 4.69) is 0 Å². The SMILES string of the molecule is COc1ccc(N2C(=O)[C@@H](CO)[C@H]2c2ccco2)cc1. The summed E-state index contributed by atoms with van der Waals surface area (Å²) in [5, 5.41) is 9.36. The number of nitrogens with zero attached hydrogens (tertiary/aromatic N) is 1. The molecule has 1 aromatic heterocycles. The fourth-order valence-electron chi connectivity index (χ4n) is 2.54. The third-order valence-electron chi connectivity index (χ3n) is 3.60. The van der Waals surface area contributed by atoms with Crippen LogP contribution in [0, 0.1) is 5.92 Å². The molecular weight excluding hydrogens is 258 g/mol. The van der Waals surface area contributed by atoms with E-state index in [9.17, 15) is 9.90 Å². The van der Waals surface area contributed by atoms with Crippen molar-refractivity contribution in [2.75, 3.05) is 18.6 Å². The smallest absolute Gasteiger partial charge is 0.235 e. The molecule has 20 heavy (non-hydrogen) atoms. The molecule has 0 saturated carbocycles. The van der Waals surface area contributed by atoms with Crippen molar-refractivity contribution in [3.8, 4) is 5.75 Å². The number of ether oxygens (including phenoxy) is 1. The standard InChI is InChI=1S/C15H15NO4/c1-19-11-6-4-10(5-7-11)16-14(12(9-17)15(16)18)13-3-2-8-20-13/h2-8,12,14,17H,9H2,1H3/t12-,14-/m0/s1. The third kappa shape index (κ3) is 1.87. The average Bonchev–Trinajstić information content (AvgIpc) is 2.99. The van der Waals surface area contributed by atoms with Crippen LogP contribution < -0.4 is 9.64 Å². The van der Waals surface area contributed by atoms with E-state index in [1.165, 1.54) is 0 Å². The largest absolute Gasteiger partial charge is 0.497 e. The first kappa shape index (κ1) is 12.7. The Morgan fingerprint density at radius 1 is 1.30 bits per heavy atom. The van der Waals surface area contributed by atoms with Crippen molar-refractivity contribution in [1.29, 1.82) is 0 Å². The molecule has 1 saturated heterocycles. The summed E-state index contributed by atoms with van der Waals surface area (Å²) in [5.41, 5.74) is 0.766. The van der Waals surface area contributed by atoms with Crippen LogP contribution in [-0.2, 0) is 4.79 Å². The monoisotopic (exact) mass is 273 g/mol. The first-order valence-corrected chi connectivity index (χ1v) is 6.37. The van der Waals surface area contributed by atoms with Crippen LogP contribution in [0.4, 0.5) is 5.69 Å². The van der Waals surface area contributed by atoms with Crippen molar-refractivity contribution in [3.63, 3.8) is 0 Å². The highest BCUT2D eigenvalue weighted by Gasteiger charge is 2.49. The number of benzene rings is 1. The van der Waals surface area contributed by atoms with E-state index in [1.807, 2.05) is 18.2 Å². The maximum Gasteiger partial charge on any atom is 0.235 e. The number of hydrogen-bond donors (Lipinski definition) is 1. The quantitative estimate of drug-likeness (QED) is 0.865. The van der Waals surface area contributed by atoms with Gasteiger partial charge < -0.3 is 19.2 Å². The average molecular weight is 273 g/mol. The van der Waals surface area contributed by atoms with Crippen LogP contribution in [0.15, 0.2) is 47.1 Å². The van der Waals surface area contributed by atoms with Gasteiger partial charge in [0.1, 0.15) is 17.6 Å². The van der Waals surface area contributed by atoms with E-state index in [0.29, 0.717) is 5.76 Å². The maximum atomic E-state index is 12.1. The lowest BCUT2D eigenvalue weighted by atomic mass is 9.85. The van der Waals surface area contributed by atoms with Crippen molar-refractivity contribution >= 4 is 11.6 Å². The fraction of sp³-hybridized carbons (Fsp3) is 0.267. The highest BCUT2D eigenvalue weighted by molar-refractivity contribution is 6.03. The molecule has 0 radical (unpaired) electrons. The molecule has 0 unspecified atom stereocenters. The molecule has 5 nitrogen and oxygen atoms in total. The van der Waals surface area contributed by atoms with Gasteiger partial charge in [-0.05, 0) is 36.4 Å². The summed E-state index contributed by atoms with van der Waals surface area (Å²) < 4.78 is 10.5. The molecule has 5 heteroatoms. The zero-order chi connectivity index (χ0) is 14.1. The predicted molar refractivity (Wildman–Crippen MR) is 72.5 cm³/mol. The molecule has 0 aliphatic carbocycles. The van der Waals surface area contributed by atoms with Crippen molar-refractivity contribution < 1.29 is 19.1 Å². The molecular formula is C15H15NO4. The molecule has 1 aliphatic rings. The van der Waals surface area contributed by atoms with Gasteiger partial charge in [0.2, 0.25) is 5.91 Å². The van der Waals surface area contributed by atoms with Gasteiger partial charge in [0.05, 0.1) is 25.9 Å². The van der Waals surface area contributed by atoms with Gasteiger partial charge in [-0.3, -0.25) is 4.79 Å². The summed E-state index contributed by atoms with van der Waals surface area (Å²) in [6, 6.07) is 10.6. The summed E-state index contributed by atoms with van der Waals surface area (Å²) in [5.74, 6) is 0.872.